The molecule has 2 rings (SSSR count). The fraction of sp³-hybridized carbons (Fsp3) is 0.500. The highest BCUT2D eigenvalue weighted by Gasteiger charge is 2.25. The minimum absolute atomic E-state index is 0.554. The molecular weight excluding hydrogens is 188 g/mol. The van der Waals surface area contributed by atoms with Crippen LogP contribution < -0.4 is 4.90 Å². The van der Waals surface area contributed by atoms with E-state index in [-0.39, 0.29) is 0 Å². The maximum Gasteiger partial charge on any atom is 0.153 e. The Bertz CT molecular complexity index is 351. The number of aromatic nitrogens is 1. The summed E-state index contributed by atoms with van der Waals surface area (Å²) in [5.74, 6) is 0.858. The number of hydrogen-bond donors (Lipinski definition) is 0. The zero-order chi connectivity index (χ0) is 10.7. The first-order chi connectivity index (χ1) is 7.36. The lowest BCUT2D eigenvalue weighted by Crippen LogP contribution is -2.30. The van der Waals surface area contributed by atoms with Crippen LogP contribution in [-0.2, 0) is 0 Å². The molecule has 80 valence electrons. The summed E-state index contributed by atoms with van der Waals surface area (Å²) in [6.45, 7) is 3.21. The molecular formula is C12H16N2O. The van der Waals surface area contributed by atoms with Crippen molar-refractivity contribution in [3.8, 4) is 0 Å². The molecule has 0 N–H and O–H groups in total. The number of aldehydes is 1. The first-order valence-corrected chi connectivity index (χ1v) is 5.53. The van der Waals surface area contributed by atoms with Gasteiger partial charge in [0.15, 0.2) is 6.29 Å². The van der Waals surface area contributed by atoms with E-state index in [1.165, 1.54) is 12.8 Å². The molecule has 0 radical (unpaired) electrons. The van der Waals surface area contributed by atoms with Crippen LogP contribution in [0.25, 0.3) is 0 Å². The van der Waals surface area contributed by atoms with E-state index in [1.54, 1.807) is 6.20 Å². The van der Waals surface area contributed by atoms with Crippen molar-refractivity contribution in [2.75, 3.05) is 11.4 Å². The predicted octanol–water partition coefficient (Wildman–Crippen LogP) is 2.27. The first-order valence-electron chi connectivity index (χ1n) is 5.53. The van der Waals surface area contributed by atoms with Crippen molar-refractivity contribution in [2.45, 2.75) is 32.2 Å². The second-order valence-electron chi connectivity index (χ2n) is 3.93. The van der Waals surface area contributed by atoms with Gasteiger partial charge in [-0.1, -0.05) is 6.92 Å². The molecule has 1 atom stereocenters. The van der Waals surface area contributed by atoms with Gasteiger partial charge in [0.2, 0.25) is 0 Å². The molecule has 15 heavy (non-hydrogen) atoms. The van der Waals surface area contributed by atoms with Crippen molar-refractivity contribution < 1.29 is 4.79 Å². The average molecular weight is 204 g/mol. The Morgan fingerprint density at radius 1 is 1.67 bits per heavy atom. The number of carbonyl (C=O) groups is 1. The monoisotopic (exact) mass is 204 g/mol. The Morgan fingerprint density at radius 2 is 2.53 bits per heavy atom. The van der Waals surface area contributed by atoms with Gasteiger partial charge < -0.3 is 4.90 Å². The molecule has 0 aliphatic carbocycles. The largest absolute Gasteiger partial charge is 0.353 e. The number of nitrogens with zero attached hydrogens (tertiary/aromatic N) is 2. The molecule has 0 amide bonds. The van der Waals surface area contributed by atoms with E-state index in [0.29, 0.717) is 11.6 Å². The Kier molecular flexibility index (Phi) is 2.99. The van der Waals surface area contributed by atoms with E-state index < -0.39 is 0 Å². The van der Waals surface area contributed by atoms with Crippen LogP contribution in [0, 0.1) is 0 Å². The average Bonchev–Trinajstić information content (AvgIpc) is 2.76. The lowest BCUT2D eigenvalue weighted by atomic mass is 10.1. The molecule has 3 nitrogen and oxygen atoms in total. The van der Waals surface area contributed by atoms with Crippen molar-refractivity contribution >= 4 is 12.1 Å². The Hall–Kier alpha value is -1.38. The molecule has 1 aliphatic heterocycles. The Labute approximate surface area is 90.1 Å². The predicted molar refractivity (Wildman–Crippen MR) is 60.3 cm³/mol. The van der Waals surface area contributed by atoms with Crippen LogP contribution >= 0.6 is 0 Å². The van der Waals surface area contributed by atoms with Crippen LogP contribution in [-0.4, -0.2) is 23.9 Å². The summed E-state index contributed by atoms with van der Waals surface area (Å²) in [5, 5.41) is 0. The van der Waals surface area contributed by atoms with E-state index in [4.69, 9.17) is 0 Å². The maximum absolute atomic E-state index is 10.9. The number of rotatable bonds is 3. The highest BCUT2D eigenvalue weighted by Crippen LogP contribution is 2.27. The number of carbonyl (C=O) groups excluding carboxylic acids is 1. The van der Waals surface area contributed by atoms with Gasteiger partial charge in [0.1, 0.15) is 5.82 Å². The smallest absolute Gasteiger partial charge is 0.153 e. The molecule has 1 aromatic rings. The summed E-state index contributed by atoms with van der Waals surface area (Å²) in [4.78, 5) is 17.5. The number of pyridine rings is 1. The van der Waals surface area contributed by atoms with Crippen LogP contribution in [0.4, 0.5) is 5.82 Å². The van der Waals surface area contributed by atoms with Gasteiger partial charge in [0.25, 0.3) is 0 Å². The molecule has 0 saturated carbocycles. The molecule has 1 aromatic heterocycles. The Morgan fingerprint density at radius 3 is 3.27 bits per heavy atom. The second-order valence-corrected chi connectivity index (χ2v) is 3.93. The zero-order valence-electron chi connectivity index (χ0n) is 9.02. The highest BCUT2D eigenvalue weighted by atomic mass is 16.1. The van der Waals surface area contributed by atoms with Crippen molar-refractivity contribution in [1.82, 2.24) is 4.98 Å². The van der Waals surface area contributed by atoms with Crippen molar-refractivity contribution in [2.24, 2.45) is 0 Å². The fourth-order valence-electron chi connectivity index (χ4n) is 2.28. The first kappa shape index (κ1) is 10.1. The molecule has 1 aliphatic rings. The van der Waals surface area contributed by atoms with Gasteiger partial charge in [-0.25, -0.2) is 4.98 Å². The van der Waals surface area contributed by atoms with Crippen LogP contribution in [0.1, 0.15) is 36.5 Å². The minimum Gasteiger partial charge on any atom is -0.353 e. The van der Waals surface area contributed by atoms with Crippen LogP contribution in [0.15, 0.2) is 18.3 Å². The lowest BCUT2D eigenvalue weighted by Gasteiger charge is -2.25. The highest BCUT2D eigenvalue weighted by molar-refractivity contribution is 5.82. The fourth-order valence-corrected chi connectivity index (χ4v) is 2.28. The summed E-state index contributed by atoms with van der Waals surface area (Å²) in [6.07, 6.45) is 6.19. The van der Waals surface area contributed by atoms with Gasteiger partial charge in [0.05, 0.1) is 5.56 Å². The quantitative estimate of drug-likeness (QED) is 0.708. The van der Waals surface area contributed by atoms with Crippen LogP contribution in [0.3, 0.4) is 0 Å². The van der Waals surface area contributed by atoms with Gasteiger partial charge in [-0.3, -0.25) is 4.79 Å². The number of anilines is 1. The summed E-state index contributed by atoms with van der Waals surface area (Å²) < 4.78 is 0. The van der Waals surface area contributed by atoms with Crippen LogP contribution in [0.5, 0.6) is 0 Å². The third kappa shape index (κ3) is 1.87. The summed E-state index contributed by atoms with van der Waals surface area (Å²) >= 11 is 0. The number of hydrogen-bond acceptors (Lipinski definition) is 3. The summed E-state index contributed by atoms with van der Waals surface area (Å²) in [6, 6.07) is 4.20. The molecule has 1 unspecified atom stereocenters. The van der Waals surface area contributed by atoms with Crippen molar-refractivity contribution in [3.05, 3.63) is 23.9 Å². The summed E-state index contributed by atoms with van der Waals surface area (Å²) in [7, 11) is 0. The standard InChI is InChI=1S/C12H16N2O/c1-2-11-6-4-8-14(11)12-10(9-15)5-3-7-13-12/h3,5,7,9,11H,2,4,6,8H2,1H3. The van der Waals surface area contributed by atoms with E-state index in [0.717, 1.165) is 25.1 Å². The molecule has 2 heterocycles. The molecule has 0 aromatic carbocycles. The minimum atomic E-state index is 0.554. The van der Waals surface area contributed by atoms with Crippen molar-refractivity contribution in [3.63, 3.8) is 0 Å². The maximum atomic E-state index is 10.9. The van der Waals surface area contributed by atoms with Crippen LogP contribution in [0.2, 0.25) is 0 Å². The SMILES string of the molecule is CCC1CCCN1c1ncccc1C=O. The van der Waals surface area contributed by atoms with Gasteiger partial charge in [-0.15, -0.1) is 0 Å². The van der Waals surface area contributed by atoms with Gasteiger partial charge in [-0.2, -0.15) is 0 Å². The third-order valence-corrected chi connectivity index (χ3v) is 3.06. The molecule has 0 bridgehead atoms. The Balaban J connectivity index is 2.31. The van der Waals surface area contributed by atoms with Gasteiger partial charge >= 0.3 is 0 Å². The summed E-state index contributed by atoms with van der Waals surface area (Å²) in [5.41, 5.74) is 0.706. The zero-order valence-corrected chi connectivity index (χ0v) is 9.02. The third-order valence-electron chi connectivity index (χ3n) is 3.06. The normalized spacial score (nSPS) is 20.6. The topological polar surface area (TPSA) is 33.2 Å². The van der Waals surface area contributed by atoms with Gasteiger partial charge in [-0.05, 0) is 31.4 Å². The molecule has 0 spiro atoms. The van der Waals surface area contributed by atoms with E-state index in [1.807, 2.05) is 12.1 Å². The van der Waals surface area contributed by atoms with Gasteiger partial charge in [0, 0.05) is 18.8 Å². The van der Waals surface area contributed by atoms with E-state index in [2.05, 4.69) is 16.8 Å². The molecule has 3 heteroatoms. The van der Waals surface area contributed by atoms with E-state index >= 15 is 0 Å². The van der Waals surface area contributed by atoms with E-state index in [9.17, 15) is 4.79 Å². The second kappa shape index (κ2) is 4.43. The lowest BCUT2D eigenvalue weighted by molar-refractivity contribution is 0.112. The molecule has 1 fully saturated rings. The molecule has 1 saturated heterocycles. The van der Waals surface area contributed by atoms with Crippen molar-refractivity contribution in [1.29, 1.82) is 0 Å².